The van der Waals surface area contributed by atoms with E-state index >= 15 is 0 Å². The molecular weight excluding hydrogens is 505 g/mol. The Balaban J connectivity index is 1.93. The van der Waals surface area contributed by atoms with Crippen molar-refractivity contribution >= 4 is 20.4 Å². The summed E-state index contributed by atoms with van der Waals surface area (Å²) in [6, 6.07) is 29.1. The zero-order valence-corrected chi connectivity index (χ0v) is 21.3. The van der Waals surface area contributed by atoms with Crippen LogP contribution in [0.5, 0.6) is 0 Å². The number of hydrogen-bond donors (Lipinski definition) is 0. The summed E-state index contributed by atoms with van der Waals surface area (Å²) in [7, 11) is -7.31. The molecule has 0 unspecified atom stereocenters. The van der Waals surface area contributed by atoms with Crippen LogP contribution in [0.3, 0.4) is 0 Å². The average Bonchev–Trinajstić information content (AvgIpc) is 2.88. The smallest absolute Gasteiger partial charge is 0.203 e. The number of benzene rings is 4. The fourth-order valence-electron chi connectivity index (χ4n) is 3.78. The predicted molar refractivity (Wildman–Crippen MR) is 136 cm³/mol. The second kappa shape index (κ2) is 10.1. The largest absolute Gasteiger partial charge is 0.416 e. The third-order valence-corrected chi connectivity index (χ3v) is 10.9. The predicted octanol–water partition coefficient (Wildman–Crippen LogP) is 8.43. The van der Waals surface area contributed by atoms with Gasteiger partial charge in [0.2, 0.25) is 0 Å². The van der Waals surface area contributed by atoms with Gasteiger partial charge in [-0.2, -0.15) is 21.6 Å². The topological polar surface area (TPSA) is 43.4 Å². The highest BCUT2D eigenvalue weighted by atomic mass is 32.3. The summed E-state index contributed by atoms with van der Waals surface area (Å²) >= 11 is 0. The Bertz CT molecular complexity index is 1360. The SMILES string of the molecule is CC(C)c1ccc(S(OS(=O)(=O)c2ccc(C(F)(F)F)cc2)(c2ccccc2)c2ccccc2)cc1. The summed E-state index contributed by atoms with van der Waals surface area (Å²) in [5, 5.41) is 0. The van der Waals surface area contributed by atoms with E-state index in [4.69, 9.17) is 3.63 Å². The maximum absolute atomic E-state index is 13.6. The Morgan fingerprint density at radius 2 is 1.03 bits per heavy atom. The molecule has 0 bridgehead atoms. The first kappa shape index (κ1) is 26.0. The molecule has 188 valence electrons. The van der Waals surface area contributed by atoms with Crippen LogP contribution in [0.2, 0.25) is 0 Å². The van der Waals surface area contributed by atoms with E-state index in [1.165, 1.54) is 0 Å². The molecular formula is C28H25F3O3S2. The van der Waals surface area contributed by atoms with Gasteiger partial charge in [0.1, 0.15) is 0 Å². The van der Waals surface area contributed by atoms with Gasteiger partial charge in [-0.05, 0) is 82.5 Å². The fraction of sp³-hybridized carbons (Fsp3) is 0.143. The molecule has 4 aromatic carbocycles. The van der Waals surface area contributed by atoms with Gasteiger partial charge in [-0.1, -0.05) is 62.4 Å². The summed E-state index contributed by atoms with van der Waals surface area (Å²) in [5.41, 5.74) is 0.147. The Morgan fingerprint density at radius 1 is 0.611 bits per heavy atom. The van der Waals surface area contributed by atoms with Crippen molar-refractivity contribution in [3.05, 3.63) is 120 Å². The third kappa shape index (κ3) is 5.21. The summed E-state index contributed by atoms with van der Waals surface area (Å²) in [5.74, 6) is 0.272. The Hall–Kier alpha value is -3.07. The first-order valence-electron chi connectivity index (χ1n) is 11.2. The summed E-state index contributed by atoms with van der Waals surface area (Å²) in [6.07, 6.45) is -4.58. The van der Waals surface area contributed by atoms with E-state index in [0.29, 0.717) is 14.7 Å². The summed E-state index contributed by atoms with van der Waals surface area (Å²) < 4.78 is 72.6. The molecule has 0 N–H and O–H groups in total. The molecule has 4 rings (SSSR count). The Labute approximate surface area is 211 Å². The van der Waals surface area contributed by atoms with Crippen LogP contribution in [-0.4, -0.2) is 8.42 Å². The molecule has 0 spiro atoms. The van der Waals surface area contributed by atoms with Crippen LogP contribution >= 0.6 is 10.3 Å². The van der Waals surface area contributed by atoms with E-state index in [2.05, 4.69) is 13.8 Å². The van der Waals surface area contributed by atoms with Crippen molar-refractivity contribution < 1.29 is 25.2 Å². The zero-order valence-electron chi connectivity index (χ0n) is 19.6. The molecule has 0 heterocycles. The van der Waals surface area contributed by atoms with Gasteiger partial charge in [-0.25, -0.2) is 3.63 Å². The van der Waals surface area contributed by atoms with Gasteiger partial charge in [0, 0.05) is 14.7 Å². The van der Waals surface area contributed by atoms with Gasteiger partial charge in [-0.3, -0.25) is 0 Å². The van der Waals surface area contributed by atoms with Crippen LogP contribution in [0, 0.1) is 0 Å². The van der Waals surface area contributed by atoms with Crippen molar-refractivity contribution in [3.63, 3.8) is 0 Å². The molecule has 0 radical (unpaired) electrons. The third-order valence-electron chi connectivity index (χ3n) is 5.69. The lowest BCUT2D eigenvalue weighted by molar-refractivity contribution is -0.137. The Kier molecular flexibility index (Phi) is 7.31. The van der Waals surface area contributed by atoms with Gasteiger partial charge < -0.3 is 0 Å². The van der Waals surface area contributed by atoms with Gasteiger partial charge >= 0.3 is 16.3 Å². The average molecular weight is 531 g/mol. The van der Waals surface area contributed by atoms with E-state index in [1.807, 2.05) is 36.4 Å². The highest BCUT2D eigenvalue weighted by molar-refractivity contribution is 8.33. The molecule has 0 atom stereocenters. The molecule has 0 saturated heterocycles. The molecule has 3 nitrogen and oxygen atoms in total. The highest BCUT2D eigenvalue weighted by Gasteiger charge is 2.38. The minimum atomic E-state index is -4.58. The lowest BCUT2D eigenvalue weighted by atomic mass is 10.0. The number of hydrogen-bond acceptors (Lipinski definition) is 3. The second-order valence-corrected chi connectivity index (χ2v) is 12.9. The second-order valence-electron chi connectivity index (χ2n) is 8.45. The molecule has 0 aliphatic heterocycles. The number of rotatable bonds is 7. The van der Waals surface area contributed by atoms with Crippen LogP contribution in [0.4, 0.5) is 13.2 Å². The lowest BCUT2D eigenvalue weighted by Crippen LogP contribution is -2.15. The van der Waals surface area contributed by atoms with Crippen molar-refractivity contribution in [1.82, 2.24) is 0 Å². The van der Waals surface area contributed by atoms with Crippen molar-refractivity contribution in [3.8, 4) is 0 Å². The molecule has 0 aromatic heterocycles. The first-order chi connectivity index (χ1) is 17.0. The normalized spacial score (nSPS) is 13.1. The molecule has 0 fully saturated rings. The zero-order chi connectivity index (χ0) is 26.0. The molecule has 36 heavy (non-hydrogen) atoms. The lowest BCUT2D eigenvalue weighted by Gasteiger charge is -2.39. The van der Waals surface area contributed by atoms with E-state index in [9.17, 15) is 21.6 Å². The van der Waals surface area contributed by atoms with Crippen molar-refractivity contribution in [2.75, 3.05) is 0 Å². The molecule has 0 aliphatic carbocycles. The monoisotopic (exact) mass is 530 g/mol. The van der Waals surface area contributed by atoms with Crippen molar-refractivity contribution in [2.24, 2.45) is 0 Å². The first-order valence-corrected chi connectivity index (χ1v) is 14.2. The number of halogens is 3. The van der Waals surface area contributed by atoms with Crippen LogP contribution in [0.1, 0.15) is 30.9 Å². The fourth-order valence-corrected chi connectivity index (χ4v) is 9.00. The molecule has 0 amide bonds. The Morgan fingerprint density at radius 3 is 1.44 bits per heavy atom. The van der Waals surface area contributed by atoms with E-state index in [0.717, 1.165) is 29.8 Å². The van der Waals surface area contributed by atoms with E-state index in [-0.39, 0.29) is 10.8 Å². The van der Waals surface area contributed by atoms with Crippen LogP contribution < -0.4 is 0 Å². The van der Waals surface area contributed by atoms with Gasteiger partial charge in [0.15, 0.2) is 0 Å². The maximum atomic E-state index is 13.6. The molecule has 8 heteroatoms. The highest BCUT2D eigenvalue weighted by Crippen LogP contribution is 2.70. The van der Waals surface area contributed by atoms with E-state index in [1.54, 1.807) is 48.5 Å². The molecule has 0 aliphatic rings. The van der Waals surface area contributed by atoms with Crippen molar-refractivity contribution in [1.29, 1.82) is 0 Å². The molecule has 4 aromatic rings. The number of alkyl halides is 3. The summed E-state index contributed by atoms with van der Waals surface area (Å²) in [4.78, 5) is 1.59. The van der Waals surface area contributed by atoms with Crippen LogP contribution in [0.15, 0.2) is 129 Å². The summed E-state index contributed by atoms with van der Waals surface area (Å²) in [6.45, 7) is 4.13. The van der Waals surface area contributed by atoms with Crippen LogP contribution in [0.25, 0.3) is 0 Å². The molecule has 0 saturated carbocycles. The van der Waals surface area contributed by atoms with Crippen molar-refractivity contribution in [2.45, 2.75) is 45.5 Å². The van der Waals surface area contributed by atoms with Gasteiger partial charge in [-0.15, -0.1) is 0 Å². The van der Waals surface area contributed by atoms with Gasteiger partial charge in [0.25, 0.3) is 0 Å². The quantitative estimate of drug-likeness (QED) is 0.241. The standard InChI is InChI=1S/C28H25F3O3S2/c1-21(2)22-13-17-26(18-14-22)35(24-9-5-3-6-10-24,25-11-7-4-8-12-25)34-36(32,33)27-19-15-23(16-20-27)28(29,30)31/h3-21H,1-2H3. The maximum Gasteiger partial charge on any atom is 0.416 e. The minimum absolute atomic E-state index is 0.272. The van der Waals surface area contributed by atoms with Crippen LogP contribution in [-0.2, 0) is 19.9 Å². The van der Waals surface area contributed by atoms with E-state index < -0.39 is 32.2 Å². The van der Waals surface area contributed by atoms with Gasteiger partial charge in [0.05, 0.1) is 10.5 Å². The minimum Gasteiger partial charge on any atom is -0.203 e.